The molecule has 2 aromatic heterocycles. The summed E-state index contributed by atoms with van der Waals surface area (Å²) in [5.74, 6) is 2.82. The minimum absolute atomic E-state index is 0.211. The molecular formula is C24H26F3N3O5S. The van der Waals surface area contributed by atoms with E-state index in [2.05, 4.69) is 10.3 Å². The van der Waals surface area contributed by atoms with Gasteiger partial charge in [0, 0.05) is 12.5 Å². The molecule has 194 valence electrons. The van der Waals surface area contributed by atoms with Crippen LogP contribution in [0.4, 0.5) is 23.8 Å². The zero-order valence-electron chi connectivity index (χ0n) is 19.3. The lowest BCUT2D eigenvalue weighted by Gasteiger charge is -2.21. The molecule has 1 aliphatic carbocycles. The molecule has 1 fully saturated rings. The van der Waals surface area contributed by atoms with Crippen LogP contribution in [-0.4, -0.2) is 46.1 Å². The van der Waals surface area contributed by atoms with E-state index in [1.807, 2.05) is 18.2 Å². The summed E-state index contributed by atoms with van der Waals surface area (Å²) in [4.78, 5) is 17.6. The van der Waals surface area contributed by atoms with Crippen LogP contribution in [0, 0.1) is 0 Å². The van der Waals surface area contributed by atoms with Gasteiger partial charge in [-0.3, -0.25) is 0 Å². The van der Waals surface area contributed by atoms with Gasteiger partial charge in [-0.15, -0.1) is 11.3 Å². The first-order valence-corrected chi connectivity index (χ1v) is 12.5. The topological polar surface area (TPSA) is 114 Å². The van der Waals surface area contributed by atoms with Crippen LogP contribution < -0.4 is 14.8 Å². The minimum atomic E-state index is -4.39. The van der Waals surface area contributed by atoms with Crippen LogP contribution in [-0.2, 0) is 12.6 Å². The van der Waals surface area contributed by atoms with Crippen LogP contribution >= 0.6 is 11.3 Å². The Hall–Kier alpha value is -3.28. The third-order valence-corrected chi connectivity index (χ3v) is 7.05. The molecule has 0 saturated heterocycles. The number of fused-ring (bicyclic) bond motifs is 2. The first kappa shape index (κ1) is 25.8. The lowest BCUT2D eigenvalue weighted by atomic mass is 9.88. The molecule has 2 aliphatic rings. The fraction of sp³-hybridized carbons (Fsp3) is 0.458. The molecule has 1 aliphatic heterocycles. The Balaban J connectivity index is 0.000000709. The molecule has 0 radical (unpaired) electrons. The molecule has 36 heavy (non-hydrogen) atoms. The van der Waals surface area contributed by atoms with Gasteiger partial charge in [0.15, 0.2) is 11.5 Å². The van der Waals surface area contributed by atoms with Crippen LogP contribution in [0.3, 0.4) is 0 Å². The van der Waals surface area contributed by atoms with E-state index in [0.29, 0.717) is 59.4 Å². The number of carbonyl (C=O) groups is 1. The van der Waals surface area contributed by atoms with Crippen molar-refractivity contribution in [3.05, 3.63) is 40.5 Å². The molecular weight excluding hydrogens is 499 g/mol. The Morgan fingerprint density at radius 2 is 1.75 bits per heavy atom. The van der Waals surface area contributed by atoms with Gasteiger partial charge in [0.25, 0.3) is 0 Å². The number of ether oxygens (including phenoxy) is 2. The summed E-state index contributed by atoms with van der Waals surface area (Å²) < 4.78 is 51.2. The van der Waals surface area contributed by atoms with Gasteiger partial charge >= 0.3 is 12.3 Å². The number of halogens is 3. The Morgan fingerprint density at radius 3 is 2.44 bits per heavy atom. The molecule has 0 atom stereocenters. The number of carboxylic acid groups (broad SMARTS) is 2. The molecule has 12 heteroatoms. The molecule has 1 aromatic carbocycles. The third-order valence-electron chi connectivity index (χ3n) is 5.97. The lowest BCUT2D eigenvalue weighted by molar-refractivity contribution is -0.134. The van der Waals surface area contributed by atoms with Gasteiger partial charge in [0.05, 0.1) is 5.39 Å². The summed E-state index contributed by atoms with van der Waals surface area (Å²) in [6.07, 6.45) is -0.166. The molecule has 8 nitrogen and oxygen atoms in total. The highest BCUT2D eigenvalue weighted by Gasteiger charge is 2.34. The quantitative estimate of drug-likeness (QED) is 0.350. The average Bonchev–Trinajstić information content (AvgIpc) is 3.29. The van der Waals surface area contributed by atoms with Crippen LogP contribution in [0.15, 0.2) is 24.3 Å². The number of rotatable bonds is 5. The summed E-state index contributed by atoms with van der Waals surface area (Å²) in [7, 11) is 0. The molecule has 0 spiro atoms. The normalized spacial score (nSPS) is 15.8. The van der Waals surface area contributed by atoms with E-state index in [-0.39, 0.29) is 5.92 Å². The Bertz CT molecular complexity index is 1210. The molecule has 3 heterocycles. The van der Waals surface area contributed by atoms with Crippen molar-refractivity contribution in [2.24, 2.45) is 0 Å². The van der Waals surface area contributed by atoms with Crippen molar-refractivity contribution in [3.8, 4) is 11.5 Å². The molecule has 3 aromatic rings. The van der Waals surface area contributed by atoms with Gasteiger partial charge in [-0.1, -0.05) is 25.3 Å². The fourth-order valence-corrected chi connectivity index (χ4v) is 5.23. The number of aromatic nitrogens is 2. The van der Waals surface area contributed by atoms with E-state index in [9.17, 15) is 13.2 Å². The number of nitrogens with one attached hydrogen (secondary N) is 1. The number of hydrogen-bond donors (Lipinski definition) is 3. The zero-order chi connectivity index (χ0) is 25.7. The number of anilines is 1. The van der Waals surface area contributed by atoms with Crippen LogP contribution in [0.1, 0.15) is 54.3 Å². The van der Waals surface area contributed by atoms with Crippen molar-refractivity contribution in [1.29, 1.82) is 0 Å². The van der Waals surface area contributed by atoms with Crippen LogP contribution in [0.25, 0.3) is 10.2 Å². The molecule has 5 rings (SSSR count). The first-order valence-electron chi connectivity index (χ1n) is 11.6. The summed E-state index contributed by atoms with van der Waals surface area (Å²) in [6.45, 7) is 1.60. The largest absolute Gasteiger partial charge is 0.503 e. The lowest BCUT2D eigenvalue weighted by Crippen LogP contribution is -2.15. The first-order chi connectivity index (χ1) is 17.2. The van der Waals surface area contributed by atoms with Crippen LogP contribution in [0.5, 0.6) is 11.5 Å². The summed E-state index contributed by atoms with van der Waals surface area (Å²) in [5.41, 5.74) is 1.06. The Kier molecular flexibility index (Phi) is 8.02. The summed E-state index contributed by atoms with van der Waals surface area (Å²) in [5, 5.41) is 17.7. The summed E-state index contributed by atoms with van der Waals surface area (Å²) >= 11 is 0.695. The Morgan fingerprint density at radius 1 is 1.06 bits per heavy atom. The van der Waals surface area contributed by atoms with Crippen molar-refractivity contribution in [2.45, 2.75) is 50.6 Å². The second kappa shape index (κ2) is 11.2. The van der Waals surface area contributed by atoms with E-state index in [1.54, 1.807) is 0 Å². The zero-order valence-corrected chi connectivity index (χ0v) is 20.1. The number of thiophene rings is 1. The van der Waals surface area contributed by atoms with Gasteiger partial charge in [0.2, 0.25) is 0 Å². The Labute approximate surface area is 209 Å². The van der Waals surface area contributed by atoms with Crippen molar-refractivity contribution in [2.75, 3.05) is 25.1 Å². The predicted molar refractivity (Wildman–Crippen MR) is 129 cm³/mol. The van der Waals surface area contributed by atoms with E-state index >= 15 is 0 Å². The molecule has 3 N–H and O–H groups in total. The number of nitrogens with zero attached hydrogens (tertiary/aromatic N) is 2. The third kappa shape index (κ3) is 6.48. The highest BCUT2D eigenvalue weighted by molar-refractivity contribution is 7.18. The SMILES string of the molecule is FC(F)(F)c1cc2c(NCCc3ccc4c(c3)OCCO4)nc(C3CCCCC3)nc2s1.O=C(O)O. The molecule has 0 unspecified atom stereocenters. The maximum Gasteiger partial charge on any atom is 0.503 e. The van der Waals surface area contributed by atoms with Crippen molar-refractivity contribution in [3.63, 3.8) is 0 Å². The molecule has 1 saturated carbocycles. The highest BCUT2D eigenvalue weighted by atomic mass is 32.1. The highest BCUT2D eigenvalue weighted by Crippen LogP contribution is 2.41. The summed E-state index contributed by atoms with van der Waals surface area (Å²) in [6, 6.07) is 6.98. The number of alkyl halides is 3. The van der Waals surface area contributed by atoms with Gasteiger partial charge < -0.3 is 25.0 Å². The van der Waals surface area contributed by atoms with Gasteiger partial charge in [-0.25, -0.2) is 14.8 Å². The van der Waals surface area contributed by atoms with Crippen molar-refractivity contribution >= 4 is 33.5 Å². The number of hydrogen-bond acceptors (Lipinski definition) is 7. The maximum absolute atomic E-state index is 13.3. The second-order valence-corrected chi connectivity index (χ2v) is 9.56. The molecule has 0 amide bonds. The van der Waals surface area contributed by atoms with Crippen LogP contribution in [0.2, 0.25) is 0 Å². The minimum Gasteiger partial charge on any atom is -0.486 e. The predicted octanol–water partition coefficient (Wildman–Crippen LogP) is 6.41. The average molecular weight is 526 g/mol. The standard InChI is InChI=1S/C23H24F3N3O2S.CH2O3/c24-23(25,26)19-13-16-21(28-20(29-22(16)32-19)15-4-2-1-3-5-15)27-9-8-14-6-7-17-18(12-14)31-11-10-30-17;2-1(3)4/h6-7,12-13,15H,1-5,8-11H2,(H,27,28,29);(H2,2,3,4). The van der Waals surface area contributed by atoms with E-state index in [0.717, 1.165) is 48.8 Å². The van der Waals surface area contributed by atoms with E-state index in [1.165, 1.54) is 6.42 Å². The molecule has 0 bridgehead atoms. The fourth-order valence-electron chi connectivity index (χ4n) is 4.32. The van der Waals surface area contributed by atoms with E-state index < -0.39 is 17.2 Å². The second-order valence-electron chi connectivity index (χ2n) is 8.53. The maximum atomic E-state index is 13.3. The van der Waals surface area contributed by atoms with Crippen molar-refractivity contribution in [1.82, 2.24) is 9.97 Å². The van der Waals surface area contributed by atoms with Gasteiger partial charge in [-0.05, 0) is 43.0 Å². The van der Waals surface area contributed by atoms with E-state index in [4.69, 9.17) is 29.5 Å². The monoisotopic (exact) mass is 525 g/mol. The van der Waals surface area contributed by atoms with Gasteiger partial charge in [-0.2, -0.15) is 13.2 Å². The van der Waals surface area contributed by atoms with Crippen molar-refractivity contribution < 1.29 is 37.7 Å². The smallest absolute Gasteiger partial charge is 0.486 e. The number of benzene rings is 1. The van der Waals surface area contributed by atoms with Gasteiger partial charge in [0.1, 0.15) is 34.6 Å².